The summed E-state index contributed by atoms with van der Waals surface area (Å²) in [5.74, 6) is -1.18. The molecule has 0 amide bonds. The van der Waals surface area contributed by atoms with Crippen LogP contribution in [0.3, 0.4) is 0 Å². The van der Waals surface area contributed by atoms with Crippen LogP contribution >= 0.6 is 23.2 Å². The van der Waals surface area contributed by atoms with Crippen molar-refractivity contribution in [2.24, 2.45) is 11.8 Å². The highest BCUT2D eigenvalue weighted by molar-refractivity contribution is 6.42. The molecule has 1 aliphatic carbocycles. The summed E-state index contributed by atoms with van der Waals surface area (Å²) in [5.41, 5.74) is 5.42. The van der Waals surface area contributed by atoms with Crippen LogP contribution in [0.5, 0.6) is 0 Å². The lowest BCUT2D eigenvalue weighted by Crippen LogP contribution is -2.34. The molecule has 0 N–H and O–H groups in total. The van der Waals surface area contributed by atoms with Gasteiger partial charge in [-0.1, -0.05) is 60.8 Å². The zero-order valence-electron chi connectivity index (χ0n) is 18.0. The topological polar surface area (TPSA) is 43.4 Å². The first-order chi connectivity index (χ1) is 14.8. The predicted octanol–water partition coefficient (Wildman–Crippen LogP) is 5.85. The molecule has 2 heterocycles. The highest BCUT2D eigenvalue weighted by atomic mass is 35.5. The van der Waals surface area contributed by atoms with Crippen molar-refractivity contribution >= 4 is 34.8 Å². The molecule has 2 saturated heterocycles. The van der Waals surface area contributed by atoms with E-state index in [4.69, 9.17) is 27.9 Å². The molecule has 2 aliphatic heterocycles. The standard InChI is InChI=1S/C26H26Cl2O3/c1-4-13-8-12(3)9-14(5-2)20(13)22-24(29)21-19-11-16(26(31-19)23(21)25(22)30)15-6-7-17(27)18(28)10-15/h6-10,16,19,21-23,26H,4-5,11H2,1-3H3/t16-,19-,21-,22?,23+,26+/m0/s1. The van der Waals surface area contributed by atoms with Gasteiger partial charge in [0.2, 0.25) is 0 Å². The SMILES string of the molecule is CCc1cc(C)cc(CC)c1C1C(=O)[C@@H]2[C@@H]3O[C@@H](C[C@H]3c3ccc(Cl)c(Cl)c3)[C@@H]2C1=O. The first-order valence-corrected chi connectivity index (χ1v) is 11.9. The molecule has 1 unspecified atom stereocenters. The zero-order valence-corrected chi connectivity index (χ0v) is 19.5. The number of benzene rings is 2. The van der Waals surface area contributed by atoms with Gasteiger partial charge in [0.1, 0.15) is 5.92 Å². The summed E-state index contributed by atoms with van der Waals surface area (Å²) in [5, 5.41) is 1.02. The number of halogens is 2. The fraction of sp³-hybridized carbons (Fsp3) is 0.462. The second kappa shape index (κ2) is 7.72. The molecule has 162 valence electrons. The summed E-state index contributed by atoms with van der Waals surface area (Å²) in [6.45, 7) is 6.26. The Morgan fingerprint density at radius 1 is 0.935 bits per heavy atom. The van der Waals surface area contributed by atoms with E-state index in [1.54, 1.807) is 6.07 Å². The number of hydrogen-bond acceptors (Lipinski definition) is 3. The summed E-state index contributed by atoms with van der Waals surface area (Å²) in [6, 6.07) is 9.89. The van der Waals surface area contributed by atoms with Crippen LogP contribution in [0.2, 0.25) is 10.0 Å². The van der Waals surface area contributed by atoms with Crippen molar-refractivity contribution in [2.45, 2.75) is 64.1 Å². The van der Waals surface area contributed by atoms with Crippen LogP contribution in [0.4, 0.5) is 0 Å². The molecular weight excluding hydrogens is 431 g/mol. The maximum atomic E-state index is 13.8. The van der Waals surface area contributed by atoms with Crippen LogP contribution in [-0.4, -0.2) is 23.8 Å². The van der Waals surface area contributed by atoms with Gasteiger partial charge in [-0.25, -0.2) is 0 Å². The molecule has 2 aromatic rings. The summed E-state index contributed by atoms with van der Waals surface area (Å²) in [7, 11) is 0. The number of carbonyl (C=O) groups excluding carboxylic acids is 2. The van der Waals surface area contributed by atoms with E-state index >= 15 is 0 Å². The lowest BCUT2D eigenvalue weighted by Gasteiger charge is -2.26. The summed E-state index contributed by atoms with van der Waals surface area (Å²) >= 11 is 12.3. The molecule has 5 rings (SSSR count). The average molecular weight is 457 g/mol. The number of aryl methyl sites for hydroxylation is 3. The number of Topliss-reactive ketones (excluding diaryl/α,β-unsaturated/α-hetero) is 2. The van der Waals surface area contributed by atoms with Gasteiger partial charge >= 0.3 is 0 Å². The number of ether oxygens (including phenoxy) is 1. The van der Waals surface area contributed by atoms with E-state index in [-0.39, 0.29) is 41.5 Å². The van der Waals surface area contributed by atoms with Crippen molar-refractivity contribution in [3.63, 3.8) is 0 Å². The zero-order chi connectivity index (χ0) is 22.0. The van der Waals surface area contributed by atoms with E-state index in [0.29, 0.717) is 10.0 Å². The van der Waals surface area contributed by atoms with E-state index < -0.39 is 5.92 Å². The Labute approximate surface area is 193 Å². The predicted molar refractivity (Wildman–Crippen MR) is 122 cm³/mol. The Balaban J connectivity index is 1.53. The van der Waals surface area contributed by atoms with Crippen molar-refractivity contribution in [2.75, 3.05) is 0 Å². The smallest absolute Gasteiger partial charge is 0.154 e. The quantitative estimate of drug-likeness (QED) is 0.541. The first-order valence-electron chi connectivity index (χ1n) is 11.2. The van der Waals surface area contributed by atoms with Crippen LogP contribution in [-0.2, 0) is 27.2 Å². The van der Waals surface area contributed by atoms with Gasteiger partial charge in [-0.05, 0) is 60.6 Å². The molecule has 1 saturated carbocycles. The number of hydrogen-bond donors (Lipinski definition) is 0. The molecule has 2 bridgehead atoms. The Bertz CT molecular complexity index is 1070. The van der Waals surface area contributed by atoms with Crippen molar-refractivity contribution in [3.05, 3.63) is 68.2 Å². The van der Waals surface area contributed by atoms with E-state index in [1.807, 2.05) is 12.1 Å². The minimum atomic E-state index is -0.651. The Morgan fingerprint density at radius 3 is 2.19 bits per heavy atom. The molecule has 0 spiro atoms. The monoisotopic (exact) mass is 456 g/mol. The van der Waals surface area contributed by atoms with E-state index in [1.165, 1.54) is 5.56 Å². The molecule has 2 aromatic carbocycles. The van der Waals surface area contributed by atoms with Gasteiger partial charge < -0.3 is 4.74 Å². The van der Waals surface area contributed by atoms with Crippen LogP contribution in [0.15, 0.2) is 30.3 Å². The highest BCUT2D eigenvalue weighted by Gasteiger charge is 2.66. The van der Waals surface area contributed by atoms with Crippen LogP contribution in [0.1, 0.15) is 59.9 Å². The van der Waals surface area contributed by atoms with Crippen molar-refractivity contribution < 1.29 is 14.3 Å². The first kappa shape index (κ1) is 21.2. The lowest BCUT2D eigenvalue weighted by atomic mass is 9.73. The second-order valence-corrected chi connectivity index (χ2v) is 9.96. The molecule has 0 aromatic heterocycles. The van der Waals surface area contributed by atoms with Gasteiger partial charge in [0.25, 0.3) is 0 Å². The van der Waals surface area contributed by atoms with Gasteiger partial charge in [0.05, 0.1) is 34.1 Å². The molecule has 31 heavy (non-hydrogen) atoms. The third-order valence-electron chi connectivity index (χ3n) is 7.50. The lowest BCUT2D eigenvalue weighted by molar-refractivity contribution is -0.127. The van der Waals surface area contributed by atoms with Gasteiger partial charge in [0, 0.05) is 5.92 Å². The molecule has 3 nitrogen and oxygen atoms in total. The van der Waals surface area contributed by atoms with Crippen molar-refractivity contribution in [3.8, 4) is 0 Å². The summed E-state index contributed by atoms with van der Waals surface area (Å²) in [6.07, 6.45) is 1.90. The van der Waals surface area contributed by atoms with Crippen molar-refractivity contribution in [1.29, 1.82) is 0 Å². The average Bonchev–Trinajstić information content (AvgIpc) is 3.41. The molecule has 3 fully saturated rings. The van der Waals surface area contributed by atoms with Gasteiger partial charge in [-0.3, -0.25) is 9.59 Å². The largest absolute Gasteiger partial charge is 0.373 e. The van der Waals surface area contributed by atoms with Crippen molar-refractivity contribution in [1.82, 2.24) is 0 Å². The second-order valence-electron chi connectivity index (χ2n) is 9.15. The normalized spacial score (nSPS) is 31.5. The maximum absolute atomic E-state index is 13.8. The van der Waals surface area contributed by atoms with Gasteiger partial charge in [-0.15, -0.1) is 0 Å². The number of rotatable bonds is 4. The summed E-state index contributed by atoms with van der Waals surface area (Å²) < 4.78 is 6.22. The Kier molecular flexibility index (Phi) is 5.28. The Morgan fingerprint density at radius 2 is 1.58 bits per heavy atom. The number of carbonyl (C=O) groups is 2. The molecule has 3 aliphatic rings. The van der Waals surface area contributed by atoms with E-state index in [2.05, 4.69) is 32.9 Å². The van der Waals surface area contributed by atoms with Gasteiger partial charge in [0.15, 0.2) is 11.6 Å². The van der Waals surface area contributed by atoms with Crippen LogP contribution < -0.4 is 0 Å². The third-order valence-corrected chi connectivity index (χ3v) is 8.24. The third kappa shape index (κ3) is 3.12. The Hall–Kier alpha value is -1.68. The minimum absolute atomic E-state index is 0.0421. The van der Waals surface area contributed by atoms with Gasteiger partial charge in [-0.2, -0.15) is 0 Å². The fourth-order valence-corrected chi connectivity index (χ4v) is 6.53. The van der Waals surface area contributed by atoms with Crippen LogP contribution in [0.25, 0.3) is 0 Å². The molecule has 5 heteroatoms. The molecule has 6 atom stereocenters. The molecule has 0 radical (unpaired) electrons. The van der Waals surface area contributed by atoms with Crippen LogP contribution in [0, 0.1) is 18.8 Å². The van der Waals surface area contributed by atoms with E-state index in [0.717, 1.165) is 41.5 Å². The number of fused-ring (bicyclic) bond motifs is 5. The molecular formula is C26H26Cl2O3. The highest BCUT2D eigenvalue weighted by Crippen LogP contribution is 2.57. The minimum Gasteiger partial charge on any atom is -0.373 e. The maximum Gasteiger partial charge on any atom is 0.154 e. The fourth-order valence-electron chi connectivity index (χ4n) is 6.22. The summed E-state index contributed by atoms with van der Waals surface area (Å²) in [4.78, 5) is 27.4. The van der Waals surface area contributed by atoms with E-state index in [9.17, 15) is 9.59 Å². The number of ketones is 2.